The highest BCUT2D eigenvalue weighted by Crippen LogP contribution is 2.12. The first-order valence-corrected chi connectivity index (χ1v) is 5.84. The third-order valence-corrected chi connectivity index (χ3v) is 2.34. The number of nitrogens with zero attached hydrogens (tertiary/aromatic N) is 1. The first-order chi connectivity index (χ1) is 9.52. The second-order valence-electron chi connectivity index (χ2n) is 3.90. The van der Waals surface area contributed by atoms with Crippen LogP contribution < -0.4 is 4.74 Å². The van der Waals surface area contributed by atoms with Gasteiger partial charge in [-0.1, -0.05) is 12.0 Å². The van der Waals surface area contributed by atoms with Gasteiger partial charge < -0.3 is 14.7 Å². The minimum atomic E-state index is -1.14. The van der Waals surface area contributed by atoms with Gasteiger partial charge in [-0.2, -0.15) is 0 Å². The number of hydrogen-bond donors (Lipinski definition) is 1. The molecule has 0 fully saturated rings. The molecule has 0 aliphatic rings. The van der Waals surface area contributed by atoms with E-state index in [0.717, 1.165) is 4.90 Å². The second kappa shape index (κ2) is 7.79. The maximum Gasteiger partial charge on any atom is 0.323 e. The number of hydrogen-bond acceptors (Lipinski definition) is 3. The van der Waals surface area contributed by atoms with Crippen molar-refractivity contribution in [3.63, 3.8) is 0 Å². The highest BCUT2D eigenvalue weighted by atomic mass is 19.1. The van der Waals surface area contributed by atoms with E-state index in [2.05, 4.69) is 5.92 Å². The fourth-order valence-electron chi connectivity index (χ4n) is 1.48. The molecule has 0 aliphatic heterocycles. The number of carbonyl (C=O) groups is 2. The molecule has 1 rings (SSSR count). The molecule has 0 spiro atoms. The molecule has 1 aromatic carbocycles. The SMILES string of the molecule is C#CCN(CC(=O)O)C(=O)CCOc1cccc(F)c1. The van der Waals surface area contributed by atoms with Crippen molar-refractivity contribution < 1.29 is 23.8 Å². The molecule has 1 aromatic rings. The summed E-state index contributed by atoms with van der Waals surface area (Å²) >= 11 is 0. The van der Waals surface area contributed by atoms with Crippen LogP contribution in [0.15, 0.2) is 24.3 Å². The molecule has 0 saturated carbocycles. The maximum atomic E-state index is 12.9. The molecule has 1 N–H and O–H groups in total. The van der Waals surface area contributed by atoms with E-state index in [4.69, 9.17) is 16.3 Å². The van der Waals surface area contributed by atoms with Crippen LogP contribution >= 0.6 is 0 Å². The molecule has 20 heavy (non-hydrogen) atoms. The number of amides is 1. The lowest BCUT2D eigenvalue weighted by molar-refractivity contribution is -0.144. The molecule has 0 aliphatic carbocycles. The van der Waals surface area contributed by atoms with E-state index in [-0.39, 0.29) is 19.6 Å². The number of rotatable bonds is 7. The van der Waals surface area contributed by atoms with E-state index in [1.54, 1.807) is 6.07 Å². The minimum Gasteiger partial charge on any atom is -0.493 e. The lowest BCUT2D eigenvalue weighted by atomic mass is 10.3. The van der Waals surface area contributed by atoms with E-state index in [0.29, 0.717) is 5.75 Å². The Morgan fingerprint density at radius 3 is 2.80 bits per heavy atom. The average molecular weight is 279 g/mol. The van der Waals surface area contributed by atoms with E-state index >= 15 is 0 Å². The second-order valence-corrected chi connectivity index (χ2v) is 3.90. The van der Waals surface area contributed by atoms with Crippen molar-refractivity contribution in [3.8, 4) is 18.1 Å². The Hall–Kier alpha value is -2.55. The number of halogens is 1. The van der Waals surface area contributed by atoms with Gasteiger partial charge in [0.25, 0.3) is 0 Å². The quantitative estimate of drug-likeness (QED) is 0.760. The first kappa shape index (κ1) is 15.5. The summed E-state index contributed by atoms with van der Waals surface area (Å²) in [6, 6.07) is 5.52. The van der Waals surface area contributed by atoms with Gasteiger partial charge in [0, 0.05) is 6.07 Å². The molecule has 0 atom stereocenters. The van der Waals surface area contributed by atoms with Crippen LogP contribution in [0.2, 0.25) is 0 Å². The van der Waals surface area contributed by atoms with Gasteiger partial charge in [-0.25, -0.2) is 4.39 Å². The van der Waals surface area contributed by atoms with E-state index in [1.807, 2.05) is 0 Å². The predicted octanol–water partition coefficient (Wildman–Crippen LogP) is 1.14. The summed E-state index contributed by atoms with van der Waals surface area (Å²) < 4.78 is 18.1. The number of terminal acetylenes is 1. The maximum absolute atomic E-state index is 12.9. The lowest BCUT2D eigenvalue weighted by Crippen LogP contribution is -2.36. The fourth-order valence-corrected chi connectivity index (χ4v) is 1.48. The summed E-state index contributed by atoms with van der Waals surface area (Å²) in [5.74, 6) is 0.522. The monoisotopic (exact) mass is 279 g/mol. The molecule has 1 amide bonds. The number of carboxylic acids is 1. The lowest BCUT2D eigenvalue weighted by Gasteiger charge is -2.17. The van der Waals surface area contributed by atoms with Crippen LogP contribution in [-0.2, 0) is 9.59 Å². The van der Waals surface area contributed by atoms with Crippen LogP contribution in [-0.4, -0.2) is 41.6 Å². The van der Waals surface area contributed by atoms with Crippen molar-refractivity contribution in [2.45, 2.75) is 6.42 Å². The number of aliphatic carboxylic acids is 1. The Balaban J connectivity index is 2.45. The van der Waals surface area contributed by atoms with E-state index < -0.39 is 24.2 Å². The van der Waals surface area contributed by atoms with Crippen molar-refractivity contribution in [2.24, 2.45) is 0 Å². The summed E-state index contributed by atoms with van der Waals surface area (Å²) in [6.45, 7) is -0.517. The van der Waals surface area contributed by atoms with Crippen LogP contribution in [0.25, 0.3) is 0 Å². The van der Waals surface area contributed by atoms with Gasteiger partial charge in [0.2, 0.25) is 5.91 Å². The molecule has 0 aromatic heterocycles. The van der Waals surface area contributed by atoms with Crippen LogP contribution in [0.1, 0.15) is 6.42 Å². The van der Waals surface area contributed by atoms with Crippen molar-refractivity contribution in [1.29, 1.82) is 0 Å². The summed E-state index contributed by atoms with van der Waals surface area (Å²) in [4.78, 5) is 23.4. The van der Waals surface area contributed by atoms with Gasteiger partial charge in [0.15, 0.2) is 0 Å². The summed E-state index contributed by atoms with van der Waals surface area (Å²) in [5.41, 5.74) is 0. The van der Waals surface area contributed by atoms with Crippen LogP contribution in [0.4, 0.5) is 4.39 Å². The summed E-state index contributed by atoms with van der Waals surface area (Å²) in [7, 11) is 0. The number of benzene rings is 1. The molecule has 0 unspecified atom stereocenters. The molecular formula is C14H14FNO4. The van der Waals surface area contributed by atoms with Gasteiger partial charge >= 0.3 is 5.97 Å². The highest BCUT2D eigenvalue weighted by molar-refractivity contribution is 5.81. The normalized spacial score (nSPS) is 9.60. The molecule has 0 saturated heterocycles. The Morgan fingerprint density at radius 1 is 1.45 bits per heavy atom. The first-order valence-electron chi connectivity index (χ1n) is 5.84. The third kappa shape index (κ3) is 5.40. The highest BCUT2D eigenvalue weighted by Gasteiger charge is 2.15. The minimum absolute atomic E-state index is 0.0168. The van der Waals surface area contributed by atoms with Gasteiger partial charge in [0.1, 0.15) is 18.1 Å². The molecule has 0 radical (unpaired) electrons. The Morgan fingerprint density at radius 2 is 2.20 bits per heavy atom. The number of carboxylic acid groups (broad SMARTS) is 1. The molecule has 5 nitrogen and oxygen atoms in total. The summed E-state index contributed by atoms with van der Waals surface area (Å²) in [5, 5.41) is 8.66. The number of carbonyl (C=O) groups excluding carboxylic acids is 1. The smallest absolute Gasteiger partial charge is 0.323 e. The zero-order valence-corrected chi connectivity index (χ0v) is 10.7. The summed E-state index contributed by atoms with van der Waals surface area (Å²) in [6.07, 6.45) is 5.03. The van der Waals surface area contributed by atoms with Gasteiger partial charge in [-0.3, -0.25) is 9.59 Å². The van der Waals surface area contributed by atoms with Gasteiger partial charge in [-0.15, -0.1) is 6.42 Å². The van der Waals surface area contributed by atoms with Crippen molar-refractivity contribution in [1.82, 2.24) is 4.90 Å². The standard InChI is InChI=1S/C14H14FNO4/c1-2-7-16(10-14(18)19)13(17)6-8-20-12-5-3-4-11(15)9-12/h1,3-5,9H,6-8,10H2,(H,18,19). The Labute approximate surface area is 116 Å². The van der Waals surface area contributed by atoms with Crippen LogP contribution in [0.5, 0.6) is 5.75 Å². The van der Waals surface area contributed by atoms with Crippen LogP contribution in [0.3, 0.4) is 0 Å². The molecule has 106 valence electrons. The molecule has 0 bridgehead atoms. The van der Waals surface area contributed by atoms with E-state index in [1.165, 1.54) is 18.2 Å². The van der Waals surface area contributed by atoms with Gasteiger partial charge in [0.05, 0.1) is 19.6 Å². The third-order valence-electron chi connectivity index (χ3n) is 2.34. The van der Waals surface area contributed by atoms with Crippen molar-refractivity contribution >= 4 is 11.9 Å². The van der Waals surface area contributed by atoms with Crippen molar-refractivity contribution in [3.05, 3.63) is 30.1 Å². The predicted molar refractivity (Wildman–Crippen MR) is 69.6 cm³/mol. The van der Waals surface area contributed by atoms with E-state index in [9.17, 15) is 14.0 Å². The Kier molecular flexibility index (Phi) is 6.04. The van der Waals surface area contributed by atoms with Gasteiger partial charge in [-0.05, 0) is 12.1 Å². The zero-order valence-electron chi connectivity index (χ0n) is 10.7. The molecular weight excluding hydrogens is 265 g/mol. The van der Waals surface area contributed by atoms with Crippen LogP contribution in [0, 0.1) is 18.2 Å². The largest absolute Gasteiger partial charge is 0.493 e. The average Bonchev–Trinajstić information content (AvgIpc) is 2.37. The molecule has 0 heterocycles. The molecule has 6 heteroatoms. The number of ether oxygens (including phenoxy) is 1. The zero-order chi connectivity index (χ0) is 15.0. The van der Waals surface area contributed by atoms with Crippen molar-refractivity contribution in [2.75, 3.05) is 19.7 Å². The topological polar surface area (TPSA) is 66.8 Å². The Bertz CT molecular complexity index is 524. The fraction of sp³-hybridized carbons (Fsp3) is 0.286.